The molecule has 0 amide bonds. The molecule has 1 heterocycles. The number of nitrogens with two attached hydrogens (primary N) is 2. The van der Waals surface area contributed by atoms with Gasteiger partial charge in [-0.25, -0.2) is 4.98 Å². The van der Waals surface area contributed by atoms with Gasteiger partial charge in [0.1, 0.15) is 5.82 Å². The largest absolute Gasteiger partial charge is 0.383 e. The van der Waals surface area contributed by atoms with E-state index < -0.39 is 0 Å². The van der Waals surface area contributed by atoms with Crippen molar-refractivity contribution in [1.29, 1.82) is 0 Å². The Morgan fingerprint density at radius 1 is 0.909 bits per heavy atom. The van der Waals surface area contributed by atoms with Crippen LogP contribution in [0.15, 0.2) is 42.5 Å². The first-order valence-electron chi connectivity index (χ1n) is 6.93. The van der Waals surface area contributed by atoms with Gasteiger partial charge in [0.2, 0.25) is 5.95 Å². The van der Waals surface area contributed by atoms with Crippen LogP contribution in [0.4, 0.5) is 11.8 Å². The predicted octanol–water partition coefficient (Wildman–Crippen LogP) is 3.53. The topological polar surface area (TPSA) is 77.8 Å². The molecule has 0 aliphatic heterocycles. The van der Waals surface area contributed by atoms with Gasteiger partial charge < -0.3 is 11.5 Å². The summed E-state index contributed by atoms with van der Waals surface area (Å²) in [7, 11) is 0. The highest BCUT2D eigenvalue weighted by atomic mass is 35.5. The van der Waals surface area contributed by atoms with Crippen LogP contribution in [0.25, 0.3) is 22.3 Å². The monoisotopic (exact) mass is 308 g/mol. The number of nitrogens with zero attached hydrogens (tertiary/aromatic N) is 2. The van der Waals surface area contributed by atoms with E-state index in [0.717, 1.165) is 34.4 Å². The summed E-state index contributed by atoms with van der Waals surface area (Å²) < 4.78 is 0. The first-order chi connectivity index (χ1) is 10.6. The van der Waals surface area contributed by atoms with Gasteiger partial charge in [0, 0.05) is 17.0 Å². The molecule has 0 saturated carbocycles. The summed E-state index contributed by atoms with van der Waals surface area (Å²) in [5.74, 6) is 0.653. The first kappa shape index (κ1) is 13.1. The van der Waals surface area contributed by atoms with E-state index in [1.54, 1.807) is 0 Å². The number of halogens is 1. The van der Waals surface area contributed by atoms with E-state index in [2.05, 4.69) is 22.1 Å². The van der Waals surface area contributed by atoms with E-state index in [-0.39, 0.29) is 5.95 Å². The van der Waals surface area contributed by atoms with Gasteiger partial charge in [0.05, 0.1) is 5.69 Å². The summed E-state index contributed by atoms with van der Waals surface area (Å²) in [6.45, 7) is 0. The van der Waals surface area contributed by atoms with Gasteiger partial charge in [-0.15, -0.1) is 0 Å². The third-order valence-corrected chi connectivity index (χ3v) is 4.20. The molecule has 0 atom stereocenters. The molecule has 3 aromatic rings. The van der Waals surface area contributed by atoms with Gasteiger partial charge in [-0.2, -0.15) is 4.98 Å². The van der Waals surface area contributed by atoms with Crippen molar-refractivity contribution in [2.75, 3.05) is 11.5 Å². The summed E-state index contributed by atoms with van der Waals surface area (Å²) in [5, 5.41) is 0.715. The van der Waals surface area contributed by atoms with Crippen molar-refractivity contribution >= 4 is 23.4 Å². The summed E-state index contributed by atoms with van der Waals surface area (Å²) in [6, 6.07) is 14.0. The fourth-order valence-electron chi connectivity index (χ4n) is 3.04. The maximum absolute atomic E-state index is 6.11. The molecule has 1 aromatic heterocycles. The van der Waals surface area contributed by atoms with Crippen molar-refractivity contribution < 1.29 is 0 Å². The quantitative estimate of drug-likeness (QED) is 0.564. The van der Waals surface area contributed by atoms with Crippen LogP contribution in [0.3, 0.4) is 0 Å². The molecule has 5 heteroatoms. The van der Waals surface area contributed by atoms with Crippen LogP contribution in [-0.4, -0.2) is 9.97 Å². The lowest BCUT2D eigenvalue weighted by Crippen LogP contribution is -2.03. The molecule has 0 spiro atoms. The number of anilines is 2. The third-order valence-electron chi connectivity index (χ3n) is 3.94. The summed E-state index contributed by atoms with van der Waals surface area (Å²) in [4.78, 5) is 8.46. The van der Waals surface area contributed by atoms with Crippen LogP contribution in [0, 0.1) is 0 Å². The Balaban J connectivity index is 1.99. The number of rotatable bonds is 1. The average Bonchev–Trinajstić information content (AvgIpc) is 2.86. The van der Waals surface area contributed by atoms with Crippen molar-refractivity contribution in [2.45, 2.75) is 6.42 Å². The summed E-state index contributed by atoms with van der Waals surface area (Å²) >= 11 is 5.99. The van der Waals surface area contributed by atoms with Crippen LogP contribution >= 0.6 is 11.6 Å². The molecule has 0 bridgehead atoms. The van der Waals surface area contributed by atoms with E-state index >= 15 is 0 Å². The molecule has 1 aliphatic rings. The Labute approximate surface area is 132 Å². The maximum Gasteiger partial charge on any atom is 0.222 e. The van der Waals surface area contributed by atoms with Crippen molar-refractivity contribution in [3.63, 3.8) is 0 Å². The van der Waals surface area contributed by atoms with Gasteiger partial charge in [-0.3, -0.25) is 0 Å². The molecule has 0 unspecified atom stereocenters. The minimum Gasteiger partial charge on any atom is -0.383 e. The molecular weight excluding hydrogens is 296 g/mol. The molecule has 1 aliphatic carbocycles. The Hall–Kier alpha value is -2.59. The Kier molecular flexibility index (Phi) is 2.81. The second kappa shape index (κ2) is 4.71. The zero-order chi connectivity index (χ0) is 15.3. The lowest BCUT2D eigenvalue weighted by molar-refractivity contribution is 1.09. The highest BCUT2D eigenvalue weighted by Crippen LogP contribution is 2.44. The minimum absolute atomic E-state index is 0.220. The molecule has 2 aromatic carbocycles. The van der Waals surface area contributed by atoms with Gasteiger partial charge in [-0.05, 0) is 34.4 Å². The van der Waals surface area contributed by atoms with Crippen LogP contribution in [0.1, 0.15) is 11.3 Å². The number of hydrogen-bond donors (Lipinski definition) is 2. The molecule has 4 rings (SSSR count). The number of fused-ring (bicyclic) bond motifs is 3. The molecule has 0 radical (unpaired) electrons. The van der Waals surface area contributed by atoms with Gasteiger partial charge in [0.15, 0.2) is 0 Å². The lowest BCUT2D eigenvalue weighted by Gasteiger charge is -2.11. The Morgan fingerprint density at radius 3 is 2.45 bits per heavy atom. The van der Waals surface area contributed by atoms with Crippen LogP contribution in [0.2, 0.25) is 5.02 Å². The molecule has 22 heavy (non-hydrogen) atoms. The van der Waals surface area contributed by atoms with Crippen LogP contribution in [-0.2, 0) is 6.42 Å². The van der Waals surface area contributed by atoms with Crippen molar-refractivity contribution in [3.05, 3.63) is 58.7 Å². The highest BCUT2D eigenvalue weighted by molar-refractivity contribution is 6.30. The summed E-state index contributed by atoms with van der Waals surface area (Å²) in [6.07, 6.45) is 0.725. The normalized spacial score (nSPS) is 12.0. The molecule has 4 N–H and O–H groups in total. The van der Waals surface area contributed by atoms with Gasteiger partial charge >= 0.3 is 0 Å². The van der Waals surface area contributed by atoms with Gasteiger partial charge in [-0.1, -0.05) is 41.9 Å². The number of benzene rings is 2. The third kappa shape index (κ3) is 1.92. The smallest absolute Gasteiger partial charge is 0.222 e. The molecule has 0 fully saturated rings. The standard InChI is InChI=1S/C17H13ClN4/c18-11-6-4-9(5-7-11)12-3-1-2-10-8-13-15(14(10)12)16(19)22-17(20)21-13/h1-7H,8H2,(H4,19,20,21,22). The maximum atomic E-state index is 6.11. The fraction of sp³-hybridized carbons (Fsp3) is 0.0588. The number of hydrogen-bond acceptors (Lipinski definition) is 4. The Bertz CT molecular complexity index is 888. The number of nitrogen functional groups attached to an aromatic ring is 2. The van der Waals surface area contributed by atoms with Gasteiger partial charge in [0.25, 0.3) is 0 Å². The second-order valence-electron chi connectivity index (χ2n) is 5.31. The van der Waals surface area contributed by atoms with E-state index in [4.69, 9.17) is 23.1 Å². The molecule has 4 nitrogen and oxygen atoms in total. The molecular formula is C17H13ClN4. The van der Waals surface area contributed by atoms with Crippen molar-refractivity contribution in [1.82, 2.24) is 9.97 Å². The minimum atomic E-state index is 0.220. The lowest BCUT2D eigenvalue weighted by atomic mass is 9.95. The average molecular weight is 309 g/mol. The zero-order valence-electron chi connectivity index (χ0n) is 11.7. The first-order valence-corrected chi connectivity index (χ1v) is 7.31. The summed E-state index contributed by atoms with van der Waals surface area (Å²) in [5.41, 5.74) is 18.1. The van der Waals surface area contributed by atoms with Crippen LogP contribution < -0.4 is 11.5 Å². The van der Waals surface area contributed by atoms with Crippen molar-refractivity contribution in [2.24, 2.45) is 0 Å². The fourth-order valence-corrected chi connectivity index (χ4v) is 3.17. The molecule has 108 valence electrons. The SMILES string of the molecule is Nc1nc(N)c2c(n1)Cc1cccc(-c3ccc(Cl)cc3)c1-2. The van der Waals surface area contributed by atoms with Crippen LogP contribution in [0.5, 0.6) is 0 Å². The van der Waals surface area contributed by atoms with E-state index in [1.807, 2.05) is 30.3 Å². The zero-order valence-corrected chi connectivity index (χ0v) is 12.4. The number of aromatic nitrogens is 2. The second-order valence-corrected chi connectivity index (χ2v) is 5.75. The predicted molar refractivity (Wildman–Crippen MR) is 89.5 cm³/mol. The van der Waals surface area contributed by atoms with Crippen molar-refractivity contribution in [3.8, 4) is 22.3 Å². The van der Waals surface area contributed by atoms with E-state index in [9.17, 15) is 0 Å². The van der Waals surface area contributed by atoms with E-state index in [0.29, 0.717) is 10.8 Å². The van der Waals surface area contributed by atoms with E-state index in [1.165, 1.54) is 5.56 Å². The molecule has 0 saturated heterocycles. The Morgan fingerprint density at radius 2 is 1.68 bits per heavy atom. The highest BCUT2D eigenvalue weighted by Gasteiger charge is 2.26.